The van der Waals surface area contributed by atoms with Crippen LogP contribution in [0.3, 0.4) is 0 Å². The van der Waals surface area contributed by atoms with Crippen LogP contribution in [0.25, 0.3) is 0 Å². The summed E-state index contributed by atoms with van der Waals surface area (Å²) in [6.45, 7) is 2.48. The zero-order valence-corrected chi connectivity index (χ0v) is 14.3. The molecule has 0 unspecified atom stereocenters. The van der Waals surface area contributed by atoms with Gasteiger partial charge in [0.1, 0.15) is 0 Å². The minimum Gasteiger partial charge on any atom is -0.356 e. The van der Waals surface area contributed by atoms with Gasteiger partial charge in [-0.1, -0.05) is 12.1 Å². The van der Waals surface area contributed by atoms with Crippen molar-refractivity contribution in [1.29, 1.82) is 0 Å². The Bertz CT molecular complexity index is 649. The first-order valence-electron chi connectivity index (χ1n) is 7.92. The van der Waals surface area contributed by atoms with E-state index in [4.69, 9.17) is 0 Å². The Hall–Kier alpha value is -2.08. The maximum atomic E-state index is 11.6. The van der Waals surface area contributed by atoms with Crippen LogP contribution in [0.1, 0.15) is 17.7 Å². The summed E-state index contributed by atoms with van der Waals surface area (Å²) in [4.78, 5) is 17.2. The highest BCUT2D eigenvalue weighted by Crippen LogP contribution is 2.07. The maximum Gasteiger partial charge on any atom is 0.250 e. The van der Waals surface area contributed by atoms with Crippen LogP contribution in [0.15, 0.2) is 51.7 Å². The molecule has 124 valence electrons. The van der Waals surface area contributed by atoms with E-state index in [2.05, 4.69) is 33.1 Å². The highest BCUT2D eigenvalue weighted by Gasteiger charge is 1.99. The van der Waals surface area contributed by atoms with Gasteiger partial charge in [0.25, 0.3) is 0 Å². The lowest BCUT2D eigenvalue weighted by molar-refractivity contribution is 0.585. The van der Waals surface area contributed by atoms with E-state index < -0.39 is 0 Å². The molecule has 2 rings (SSSR count). The summed E-state index contributed by atoms with van der Waals surface area (Å²) in [7, 11) is 1.78. The van der Waals surface area contributed by atoms with Gasteiger partial charge in [-0.3, -0.25) is 9.79 Å². The first-order valence-corrected chi connectivity index (χ1v) is 8.80. The molecule has 0 amide bonds. The second kappa shape index (κ2) is 9.84. The lowest BCUT2D eigenvalue weighted by Crippen LogP contribution is -2.38. The summed E-state index contributed by atoms with van der Waals surface area (Å²) < 4.78 is 1.74. The van der Waals surface area contributed by atoms with E-state index in [1.54, 1.807) is 35.1 Å². The Labute approximate surface area is 141 Å². The van der Waals surface area contributed by atoms with Crippen molar-refractivity contribution in [3.63, 3.8) is 0 Å². The SMILES string of the molecule is CN=C(NCCCCn1ccccc1=O)NCCc1cccs1. The van der Waals surface area contributed by atoms with Gasteiger partial charge in [0.15, 0.2) is 5.96 Å². The van der Waals surface area contributed by atoms with Crippen molar-refractivity contribution in [3.05, 3.63) is 57.1 Å². The molecule has 23 heavy (non-hydrogen) atoms. The third kappa shape index (κ3) is 6.28. The van der Waals surface area contributed by atoms with Crippen molar-refractivity contribution in [2.75, 3.05) is 20.1 Å². The zero-order valence-electron chi connectivity index (χ0n) is 13.5. The van der Waals surface area contributed by atoms with E-state index in [0.717, 1.165) is 44.9 Å². The molecule has 2 aromatic rings. The van der Waals surface area contributed by atoms with Crippen molar-refractivity contribution in [1.82, 2.24) is 15.2 Å². The number of thiophene rings is 1. The van der Waals surface area contributed by atoms with Crippen molar-refractivity contribution in [2.45, 2.75) is 25.8 Å². The molecule has 0 aliphatic carbocycles. The van der Waals surface area contributed by atoms with Crippen LogP contribution in [0.2, 0.25) is 0 Å². The third-order valence-corrected chi connectivity index (χ3v) is 4.42. The average molecular weight is 332 g/mol. The number of aliphatic imine (C=N–C) groups is 1. The van der Waals surface area contributed by atoms with Crippen LogP contribution >= 0.6 is 11.3 Å². The highest BCUT2D eigenvalue weighted by molar-refractivity contribution is 7.09. The van der Waals surface area contributed by atoms with Crippen LogP contribution in [0.4, 0.5) is 0 Å². The van der Waals surface area contributed by atoms with E-state index in [1.165, 1.54) is 4.88 Å². The van der Waals surface area contributed by atoms with Gasteiger partial charge in [0.05, 0.1) is 0 Å². The Morgan fingerprint density at radius 2 is 2.04 bits per heavy atom. The first-order chi connectivity index (χ1) is 11.3. The molecule has 0 aromatic carbocycles. The first kappa shape index (κ1) is 17.3. The molecule has 5 nitrogen and oxygen atoms in total. The van der Waals surface area contributed by atoms with E-state index in [1.807, 2.05) is 12.3 Å². The Kier molecular flexibility index (Phi) is 7.39. The van der Waals surface area contributed by atoms with E-state index in [9.17, 15) is 4.79 Å². The van der Waals surface area contributed by atoms with Crippen LogP contribution in [0, 0.1) is 0 Å². The Morgan fingerprint density at radius 3 is 2.78 bits per heavy atom. The minimum absolute atomic E-state index is 0.0616. The molecule has 0 bridgehead atoms. The molecule has 0 atom stereocenters. The van der Waals surface area contributed by atoms with Crippen LogP contribution < -0.4 is 16.2 Å². The van der Waals surface area contributed by atoms with Crippen molar-refractivity contribution in [2.24, 2.45) is 4.99 Å². The molecule has 0 fully saturated rings. The normalized spacial score (nSPS) is 11.4. The second-order valence-corrected chi connectivity index (χ2v) is 6.23. The number of aromatic nitrogens is 1. The lowest BCUT2D eigenvalue weighted by atomic mass is 10.3. The van der Waals surface area contributed by atoms with Crippen molar-refractivity contribution >= 4 is 17.3 Å². The predicted molar refractivity (Wildman–Crippen MR) is 97.3 cm³/mol. The summed E-state index contributed by atoms with van der Waals surface area (Å²) in [5, 5.41) is 8.72. The average Bonchev–Trinajstić information content (AvgIpc) is 3.08. The summed E-state index contributed by atoms with van der Waals surface area (Å²) in [6.07, 6.45) is 4.80. The Balaban J connectivity index is 1.58. The standard InChI is InChI=1S/C17H24N4OS/c1-18-17(20-11-9-15-7-6-14-23-15)19-10-3-5-13-21-12-4-2-8-16(21)22/h2,4,6-8,12,14H,3,5,9-11,13H2,1H3,(H2,18,19,20). The number of rotatable bonds is 8. The zero-order chi connectivity index (χ0) is 16.3. The number of nitrogens with zero attached hydrogens (tertiary/aromatic N) is 2. The van der Waals surface area contributed by atoms with Crippen LogP contribution in [-0.2, 0) is 13.0 Å². The predicted octanol–water partition coefficient (Wildman–Crippen LogP) is 2.10. The van der Waals surface area contributed by atoms with E-state index in [-0.39, 0.29) is 5.56 Å². The molecule has 2 aromatic heterocycles. The van der Waals surface area contributed by atoms with Gasteiger partial charge in [-0.25, -0.2) is 0 Å². The summed E-state index contributed by atoms with van der Waals surface area (Å²) >= 11 is 1.78. The molecular weight excluding hydrogens is 308 g/mol. The number of aryl methyl sites for hydroxylation is 1. The molecular formula is C17H24N4OS. The number of hydrogen-bond donors (Lipinski definition) is 2. The molecule has 2 N–H and O–H groups in total. The molecule has 2 heterocycles. The van der Waals surface area contributed by atoms with Gasteiger partial charge in [0, 0.05) is 43.8 Å². The van der Waals surface area contributed by atoms with Gasteiger partial charge in [-0.2, -0.15) is 0 Å². The fraction of sp³-hybridized carbons (Fsp3) is 0.412. The molecule has 0 saturated carbocycles. The monoisotopic (exact) mass is 332 g/mol. The van der Waals surface area contributed by atoms with Gasteiger partial charge in [-0.15, -0.1) is 11.3 Å². The largest absolute Gasteiger partial charge is 0.356 e. The molecule has 6 heteroatoms. The number of hydrogen-bond acceptors (Lipinski definition) is 3. The number of unbranched alkanes of at least 4 members (excludes halogenated alkanes) is 1. The summed E-state index contributed by atoms with van der Waals surface area (Å²) in [5.41, 5.74) is 0.0616. The quantitative estimate of drug-likeness (QED) is 0.442. The molecule has 0 radical (unpaired) electrons. The smallest absolute Gasteiger partial charge is 0.250 e. The van der Waals surface area contributed by atoms with Gasteiger partial charge >= 0.3 is 0 Å². The topological polar surface area (TPSA) is 58.4 Å². The van der Waals surface area contributed by atoms with Crippen molar-refractivity contribution in [3.8, 4) is 0 Å². The Morgan fingerprint density at radius 1 is 1.17 bits per heavy atom. The van der Waals surface area contributed by atoms with E-state index >= 15 is 0 Å². The van der Waals surface area contributed by atoms with E-state index in [0.29, 0.717) is 0 Å². The van der Waals surface area contributed by atoms with Gasteiger partial charge < -0.3 is 15.2 Å². The molecule has 0 spiro atoms. The third-order valence-electron chi connectivity index (χ3n) is 3.48. The summed E-state index contributed by atoms with van der Waals surface area (Å²) in [6, 6.07) is 9.47. The fourth-order valence-corrected chi connectivity index (χ4v) is 2.95. The van der Waals surface area contributed by atoms with Crippen LogP contribution in [-0.4, -0.2) is 30.7 Å². The number of guanidine groups is 1. The second-order valence-electron chi connectivity index (χ2n) is 5.19. The maximum absolute atomic E-state index is 11.6. The highest BCUT2D eigenvalue weighted by atomic mass is 32.1. The summed E-state index contributed by atoms with van der Waals surface area (Å²) in [5.74, 6) is 0.832. The van der Waals surface area contributed by atoms with Gasteiger partial charge in [-0.05, 0) is 36.8 Å². The lowest BCUT2D eigenvalue weighted by Gasteiger charge is -2.11. The number of nitrogens with one attached hydrogen (secondary N) is 2. The molecule has 0 aliphatic heterocycles. The van der Waals surface area contributed by atoms with Crippen LogP contribution in [0.5, 0.6) is 0 Å². The fourth-order valence-electron chi connectivity index (χ4n) is 2.24. The van der Waals surface area contributed by atoms with Crippen molar-refractivity contribution < 1.29 is 0 Å². The minimum atomic E-state index is 0.0616. The molecule has 0 saturated heterocycles. The van der Waals surface area contributed by atoms with Gasteiger partial charge in [0.2, 0.25) is 5.56 Å². The number of pyridine rings is 1. The molecule has 0 aliphatic rings.